The van der Waals surface area contributed by atoms with Crippen LogP contribution in [-0.4, -0.2) is 93.9 Å². The molecule has 0 aromatic rings. The van der Waals surface area contributed by atoms with Gasteiger partial charge in [0.25, 0.3) is 0 Å². The molecule has 0 unspecified atom stereocenters. The molecule has 0 fully saturated rings. The SMILES string of the molecule is CCO[Si](OCC)(OCC)OB(O[Si](OCC)(OCC)OCC)O[Si](OCC)(OCC)OCC. The van der Waals surface area contributed by atoms with Crippen LogP contribution in [-0.2, 0) is 52.9 Å². The van der Waals surface area contributed by atoms with Gasteiger partial charge in [-0.2, -0.15) is 0 Å². The molecule has 0 spiro atoms. The quantitative estimate of drug-likeness (QED) is 0.165. The first-order chi connectivity index (χ1) is 16.3. The molecule has 0 amide bonds. The minimum Gasteiger partial charge on any atom is -0.363 e. The maximum atomic E-state index is 6.17. The Morgan fingerprint density at radius 2 is 0.471 bits per heavy atom. The van der Waals surface area contributed by atoms with Crippen LogP contribution in [0, 0.1) is 0 Å². The maximum absolute atomic E-state index is 6.17. The van der Waals surface area contributed by atoms with E-state index in [4.69, 9.17) is 52.9 Å². The Balaban J connectivity index is 6.41. The van der Waals surface area contributed by atoms with Crippen molar-refractivity contribution in [3.8, 4) is 0 Å². The third-order valence-corrected chi connectivity index (χ3v) is 10.8. The number of rotatable bonds is 24. The van der Waals surface area contributed by atoms with Crippen LogP contribution in [0.1, 0.15) is 62.3 Å². The molecule has 0 radical (unpaired) electrons. The molecule has 0 rings (SSSR count). The Hall–Kier alpha value is 0.236. The normalized spacial score (nSPS) is 13.0. The van der Waals surface area contributed by atoms with Gasteiger partial charge in [-0.3, -0.25) is 0 Å². The Labute approximate surface area is 209 Å². The summed E-state index contributed by atoms with van der Waals surface area (Å²) in [7, 11) is -12.7. The van der Waals surface area contributed by atoms with Gasteiger partial charge < -0.3 is 52.9 Å². The highest BCUT2D eigenvalue weighted by molar-refractivity contribution is 6.72. The van der Waals surface area contributed by atoms with Crippen molar-refractivity contribution >= 4 is 34.5 Å². The van der Waals surface area contributed by atoms with E-state index >= 15 is 0 Å². The lowest BCUT2D eigenvalue weighted by Gasteiger charge is -2.35. The van der Waals surface area contributed by atoms with Crippen LogP contribution in [0.15, 0.2) is 0 Å². The lowest BCUT2D eigenvalue weighted by atomic mass is 10.3. The molecule has 0 aromatic carbocycles. The predicted octanol–water partition coefficient (Wildman–Crippen LogP) is 2.66. The van der Waals surface area contributed by atoms with Gasteiger partial charge in [0.05, 0.1) is 0 Å². The van der Waals surface area contributed by atoms with Crippen LogP contribution in [0.4, 0.5) is 0 Å². The molecule has 16 heteroatoms. The second-order valence-electron chi connectivity index (χ2n) is 6.04. The van der Waals surface area contributed by atoms with Gasteiger partial charge in [-0.25, -0.2) is 0 Å². The van der Waals surface area contributed by atoms with E-state index in [0.717, 1.165) is 0 Å². The third kappa shape index (κ3) is 12.0. The Morgan fingerprint density at radius 1 is 0.324 bits per heavy atom. The predicted molar refractivity (Wildman–Crippen MR) is 131 cm³/mol. The molecule has 0 N–H and O–H groups in total. The summed E-state index contributed by atoms with van der Waals surface area (Å²) in [6.45, 7) is 18.7. The molecule has 204 valence electrons. The average Bonchev–Trinajstić information content (AvgIpc) is 2.75. The van der Waals surface area contributed by atoms with Crippen LogP contribution in [0.5, 0.6) is 0 Å². The molecule has 0 aliphatic carbocycles. The summed E-state index contributed by atoms with van der Waals surface area (Å²) in [5.41, 5.74) is 0. The van der Waals surface area contributed by atoms with Crippen LogP contribution in [0.3, 0.4) is 0 Å². The molecule has 0 aliphatic heterocycles. The zero-order valence-electron chi connectivity index (χ0n) is 22.3. The van der Waals surface area contributed by atoms with E-state index in [1.165, 1.54) is 0 Å². The first kappa shape index (κ1) is 34.2. The van der Waals surface area contributed by atoms with Crippen molar-refractivity contribution in [2.24, 2.45) is 0 Å². The topological polar surface area (TPSA) is 111 Å². The summed E-state index contributed by atoms with van der Waals surface area (Å²) < 4.78 is 70.9. The van der Waals surface area contributed by atoms with E-state index in [1.807, 2.05) is 0 Å². The minimum atomic E-state index is -3.73. The van der Waals surface area contributed by atoms with Crippen molar-refractivity contribution in [2.75, 3.05) is 59.5 Å². The fourth-order valence-corrected chi connectivity index (χ4v) is 8.53. The molecular weight excluding hydrogens is 503 g/mol. The molecule has 0 heterocycles. The van der Waals surface area contributed by atoms with Gasteiger partial charge in [-0.1, -0.05) is 0 Å². The van der Waals surface area contributed by atoms with E-state index in [-0.39, 0.29) is 59.5 Å². The molecule has 0 saturated carbocycles. The molecule has 0 bridgehead atoms. The van der Waals surface area contributed by atoms with Crippen LogP contribution in [0.25, 0.3) is 0 Å². The highest BCUT2D eigenvalue weighted by Crippen LogP contribution is 2.23. The molecule has 0 saturated heterocycles. The van der Waals surface area contributed by atoms with Gasteiger partial charge in [-0.05, 0) is 62.3 Å². The van der Waals surface area contributed by atoms with Crippen LogP contribution in [0.2, 0.25) is 0 Å². The van der Waals surface area contributed by atoms with Crippen molar-refractivity contribution in [1.82, 2.24) is 0 Å². The zero-order valence-corrected chi connectivity index (χ0v) is 25.3. The van der Waals surface area contributed by atoms with E-state index < -0.39 is 34.5 Å². The monoisotopic (exact) mass is 548 g/mol. The van der Waals surface area contributed by atoms with E-state index in [9.17, 15) is 0 Å². The molecular formula is C18H45BO12Si3. The van der Waals surface area contributed by atoms with Crippen molar-refractivity contribution < 1.29 is 52.9 Å². The van der Waals surface area contributed by atoms with Gasteiger partial charge >= 0.3 is 34.5 Å². The van der Waals surface area contributed by atoms with Crippen LogP contribution < -0.4 is 0 Å². The van der Waals surface area contributed by atoms with Gasteiger partial charge in [-0.15, -0.1) is 0 Å². The van der Waals surface area contributed by atoms with Gasteiger partial charge in [0.15, 0.2) is 0 Å². The summed E-state index contributed by atoms with van der Waals surface area (Å²) in [5, 5.41) is 0. The molecule has 34 heavy (non-hydrogen) atoms. The number of hydrogen-bond acceptors (Lipinski definition) is 12. The maximum Gasteiger partial charge on any atom is 0.668 e. The Bertz CT molecular complexity index is 379. The highest BCUT2D eigenvalue weighted by Gasteiger charge is 2.60. The van der Waals surface area contributed by atoms with E-state index in [0.29, 0.717) is 0 Å². The second-order valence-corrected chi connectivity index (χ2v) is 12.3. The fraction of sp³-hybridized carbons (Fsp3) is 1.00. The minimum absolute atomic E-state index is 0.273. The average molecular weight is 549 g/mol. The Morgan fingerprint density at radius 3 is 0.588 bits per heavy atom. The lowest BCUT2D eigenvalue weighted by molar-refractivity contribution is -0.0439. The second kappa shape index (κ2) is 19.4. The van der Waals surface area contributed by atoms with Gasteiger partial charge in [0.1, 0.15) is 0 Å². The lowest BCUT2D eigenvalue weighted by Crippen LogP contribution is -2.63. The molecule has 12 nitrogen and oxygen atoms in total. The summed E-state index contributed by atoms with van der Waals surface area (Å²) in [4.78, 5) is 0. The molecule has 0 atom stereocenters. The first-order valence-corrected chi connectivity index (χ1v) is 17.0. The summed E-state index contributed by atoms with van der Waals surface area (Å²) in [6.07, 6.45) is 0. The summed E-state index contributed by atoms with van der Waals surface area (Å²) in [5.74, 6) is 0. The molecule has 0 aliphatic rings. The van der Waals surface area contributed by atoms with Crippen molar-refractivity contribution in [1.29, 1.82) is 0 Å². The third-order valence-electron chi connectivity index (χ3n) is 3.61. The first-order valence-electron chi connectivity index (χ1n) is 12.1. The van der Waals surface area contributed by atoms with Gasteiger partial charge in [0.2, 0.25) is 0 Å². The van der Waals surface area contributed by atoms with Crippen LogP contribution >= 0.6 is 0 Å². The van der Waals surface area contributed by atoms with Crippen molar-refractivity contribution in [2.45, 2.75) is 62.3 Å². The highest BCUT2D eigenvalue weighted by atomic mass is 28.4. The smallest absolute Gasteiger partial charge is 0.363 e. The fourth-order valence-electron chi connectivity index (χ4n) is 2.70. The van der Waals surface area contributed by atoms with Gasteiger partial charge in [0, 0.05) is 59.5 Å². The summed E-state index contributed by atoms with van der Waals surface area (Å²) >= 11 is 0. The largest absolute Gasteiger partial charge is 0.668 e. The number of hydrogen-bond donors (Lipinski definition) is 0. The van der Waals surface area contributed by atoms with Crippen molar-refractivity contribution in [3.05, 3.63) is 0 Å². The Kier molecular flexibility index (Phi) is 19.5. The van der Waals surface area contributed by atoms with E-state index in [1.54, 1.807) is 62.3 Å². The summed E-state index contributed by atoms with van der Waals surface area (Å²) in [6, 6.07) is 0. The van der Waals surface area contributed by atoms with Crippen molar-refractivity contribution in [3.63, 3.8) is 0 Å². The van der Waals surface area contributed by atoms with E-state index in [2.05, 4.69) is 0 Å². The standard InChI is InChI=1S/C18H45BO12Si3/c1-10-20-32(21-11-2,22-12-3)29-19(30-33(23-13-4,24-14-5)25-15-6)31-34(26-16-7,27-17-8)28-18-9/h10-18H2,1-9H3. The zero-order chi connectivity index (χ0) is 25.9. The molecule has 0 aromatic heterocycles.